The number of imidazole rings is 2. The molecule has 2 aromatic heterocycles. The van der Waals surface area contributed by atoms with Crippen LogP contribution in [0.4, 0.5) is 4.79 Å². The zero-order valence-corrected chi connectivity index (χ0v) is 36.5. The SMILES string of the molecule is C1CCOCC1.CNCC(=O)NCCCCc1ncc(-c2ccc(C#Cc3ccc4c(ccc5[nH]c(C6CCCN6C(=O)C(NC(=O)OC)C(C)C)nc54)c3)cc2)[nH]1.COC=O. The number of H-pyrrole nitrogens is 2. The topological polar surface area (TPSA) is 193 Å². The van der Waals surface area contributed by atoms with Gasteiger partial charge in [-0.1, -0.05) is 50.0 Å². The van der Waals surface area contributed by atoms with Crippen LogP contribution in [-0.4, -0.2) is 109 Å². The summed E-state index contributed by atoms with van der Waals surface area (Å²) in [7, 11) is 4.37. The Morgan fingerprint density at radius 3 is 2.37 bits per heavy atom. The fourth-order valence-corrected chi connectivity index (χ4v) is 7.32. The molecule has 15 nitrogen and oxygen atoms in total. The monoisotopic (exact) mass is 848 g/mol. The molecule has 2 aliphatic rings. The highest BCUT2D eigenvalue weighted by molar-refractivity contribution is 6.04. The van der Waals surface area contributed by atoms with Crippen LogP contribution >= 0.6 is 0 Å². The van der Waals surface area contributed by atoms with E-state index < -0.39 is 12.1 Å². The highest BCUT2D eigenvalue weighted by Crippen LogP contribution is 2.34. The van der Waals surface area contributed by atoms with Crippen molar-refractivity contribution in [2.45, 2.75) is 77.3 Å². The molecule has 2 unspecified atom stereocenters. The van der Waals surface area contributed by atoms with Crippen LogP contribution in [0.2, 0.25) is 0 Å². The van der Waals surface area contributed by atoms with E-state index in [-0.39, 0.29) is 23.8 Å². The zero-order valence-electron chi connectivity index (χ0n) is 36.5. The quantitative estimate of drug-likeness (QED) is 0.0519. The van der Waals surface area contributed by atoms with Gasteiger partial charge in [0.15, 0.2) is 0 Å². The van der Waals surface area contributed by atoms with Crippen LogP contribution in [0.25, 0.3) is 33.1 Å². The number of hydrogen-bond acceptors (Lipinski definition) is 10. The first-order valence-corrected chi connectivity index (χ1v) is 21.3. The number of nitrogens with one attached hydrogen (secondary N) is 5. The average Bonchev–Trinajstić information content (AvgIpc) is 4.09. The summed E-state index contributed by atoms with van der Waals surface area (Å²) in [5, 5.41) is 10.5. The van der Waals surface area contributed by atoms with E-state index in [4.69, 9.17) is 19.3 Å². The largest absolute Gasteiger partial charge is 0.471 e. The molecule has 0 spiro atoms. The number of rotatable bonds is 13. The molecule has 62 heavy (non-hydrogen) atoms. The molecule has 3 aromatic carbocycles. The third-order valence-electron chi connectivity index (χ3n) is 10.6. The normalized spacial score (nSPS) is 15.0. The van der Waals surface area contributed by atoms with E-state index in [0.717, 1.165) is 101 Å². The lowest BCUT2D eigenvalue weighted by Gasteiger charge is -2.29. The molecular weight excluding hydrogens is 789 g/mol. The summed E-state index contributed by atoms with van der Waals surface area (Å²) in [4.78, 5) is 64.3. The third kappa shape index (κ3) is 13.4. The van der Waals surface area contributed by atoms with Gasteiger partial charge in [-0.2, -0.15) is 0 Å². The summed E-state index contributed by atoms with van der Waals surface area (Å²) in [6.07, 6.45) is 9.46. The van der Waals surface area contributed by atoms with Crippen molar-refractivity contribution in [1.29, 1.82) is 0 Å². The molecule has 5 aromatic rings. The number of carbonyl (C=O) groups is 4. The number of nitrogens with zero attached hydrogens (tertiary/aromatic N) is 3. The molecule has 2 aliphatic heterocycles. The van der Waals surface area contributed by atoms with Crippen molar-refractivity contribution in [3.8, 4) is 23.1 Å². The Morgan fingerprint density at radius 2 is 1.71 bits per heavy atom. The predicted octanol–water partition coefficient (Wildman–Crippen LogP) is 6.18. The molecule has 2 fully saturated rings. The van der Waals surface area contributed by atoms with Gasteiger partial charge in [-0.15, -0.1) is 0 Å². The number of alkyl carbamates (subject to hydrolysis) is 1. The summed E-state index contributed by atoms with van der Waals surface area (Å²) in [5.41, 5.74) is 5.57. The van der Waals surface area contributed by atoms with Crippen LogP contribution < -0.4 is 16.0 Å². The molecule has 0 radical (unpaired) electrons. The average molecular weight is 849 g/mol. The number of unbranched alkanes of at least 4 members (excludes halogenated alkanes) is 1. The molecule has 5 N–H and O–H groups in total. The number of aromatic nitrogens is 4. The van der Waals surface area contributed by atoms with Gasteiger partial charge in [0.1, 0.15) is 17.7 Å². The van der Waals surface area contributed by atoms with Gasteiger partial charge in [-0.05, 0) is 99.2 Å². The van der Waals surface area contributed by atoms with Crippen molar-refractivity contribution in [2.24, 2.45) is 5.92 Å². The van der Waals surface area contributed by atoms with Crippen molar-refractivity contribution in [1.82, 2.24) is 40.8 Å². The van der Waals surface area contributed by atoms with Crippen molar-refractivity contribution >= 4 is 46.2 Å². The minimum absolute atomic E-state index is 0.0106. The lowest BCUT2D eigenvalue weighted by Crippen LogP contribution is -2.51. The maximum atomic E-state index is 13.6. The number of ether oxygens (including phenoxy) is 3. The van der Waals surface area contributed by atoms with Crippen LogP contribution in [0.1, 0.15) is 87.6 Å². The van der Waals surface area contributed by atoms with Gasteiger partial charge in [-0.3, -0.25) is 14.4 Å². The Balaban J connectivity index is 0.000000644. The minimum atomic E-state index is -0.683. The zero-order chi connectivity index (χ0) is 44.3. The highest BCUT2D eigenvalue weighted by atomic mass is 16.5. The van der Waals surface area contributed by atoms with Crippen LogP contribution in [-0.2, 0) is 35.0 Å². The number of benzene rings is 3. The second-order valence-electron chi connectivity index (χ2n) is 15.5. The molecule has 0 saturated carbocycles. The van der Waals surface area contributed by atoms with E-state index in [2.05, 4.69) is 65.7 Å². The number of likely N-dealkylation sites (tertiary alicyclic amines) is 1. The second-order valence-corrected chi connectivity index (χ2v) is 15.5. The molecule has 15 heteroatoms. The van der Waals surface area contributed by atoms with E-state index in [0.29, 0.717) is 26.1 Å². The molecule has 0 aliphatic carbocycles. The molecule has 2 atom stereocenters. The van der Waals surface area contributed by atoms with Gasteiger partial charge in [-0.25, -0.2) is 14.8 Å². The van der Waals surface area contributed by atoms with E-state index in [1.54, 1.807) is 7.05 Å². The van der Waals surface area contributed by atoms with E-state index in [1.807, 2.05) is 61.3 Å². The summed E-state index contributed by atoms with van der Waals surface area (Å²) in [6, 6.07) is 17.4. The number of amides is 3. The third-order valence-corrected chi connectivity index (χ3v) is 10.6. The number of likely N-dealkylation sites (N-methyl/N-ethyl adjacent to an activating group) is 1. The first kappa shape index (κ1) is 46.8. The molecule has 3 amide bonds. The maximum Gasteiger partial charge on any atom is 0.407 e. The Bertz CT molecular complexity index is 2280. The Labute approximate surface area is 363 Å². The standard InChI is InChI=1S/C40H46N8O4.C5H10O.C2H4O2/c1-25(2)36(47-40(51)52-4)39(50)48-21-7-8-33(48)38-45-31-19-17-29-22-27(14-18-30(29)37(31)46-38)11-10-26-12-15-28(16-13-26)32-23-43-34(44-32)9-5-6-20-42-35(49)24-41-3;1-2-4-6-5-3-1;1-4-2-3/h12-19,22-23,25,33,36,41H,5-9,20-21,24H2,1-4H3,(H,42,49)(H,43,44)(H,45,46)(H,47,51);1-5H2;2H,1H3. The highest BCUT2D eigenvalue weighted by Gasteiger charge is 2.37. The predicted molar refractivity (Wildman–Crippen MR) is 239 cm³/mol. The van der Waals surface area contributed by atoms with Gasteiger partial charge in [0.2, 0.25) is 11.8 Å². The molecule has 330 valence electrons. The van der Waals surface area contributed by atoms with Crippen molar-refractivity contribution in [3.05, 3.63) is 83.6 Å². The first-order valence-electron chi connectivity index (χ1n) is 21.3. The van der Waals surface area contributed by atoms with Gasteiger partial charge in [0, 0.05) is 49.2 Å². The fourth-order valence-electron chi connectivity index (χ4n) is 7.32. The smallest absolute Gasteiger partial charge is 0.407 e. The summed E-state index contributed by atoms with van der Waals surface area (Å²) < 4.78 is 13.7. The fraction of sp³-hybridized carbons (Fsp3) is 0.447. The molecule has 4 heterocycles. The number of fused-ring (bicyclic) bond motifs is 3. The summed E-state index contributed by atoms with van der Waals surface area (Å²) >= 11 is 0. The Morgan fingerprint density at radius 1 is 0.968 bits per heavy atom. The Kier molecular flexibility index (Phi) is 18.3. The summed E-state index contributed by atoms with van der Waals surface area (Å²) in [6.45, 7) is 7.79. The number of hydrogen-bond donors (Lipinski definition) is 5. The Hall–Kier alpha value is -6.24. The number of aryl methyl sites for hydroxylation is 1. The second kappa shape index (κ2) is 24.3. The molecule has 7 rings (SSSR count). The van der Waals surface area contributed by atoms with Crippen LogP contribution in [0.5, 0.6) is 0 Å². The molecular formula is C47H60N8O7. The molecule has 0 bridgehead atoms. The van der Waals surface area contributed by atoms with E-state index >= 15 is 0 Å². The van der Waals surface area contributed by atoms with E-state index in [1.165, 1.54) is 33.5 Å². The number of methoxy groups -OCH3 is 2. The molecule has 2 saturated heterocycles. The van der Waals surface area contributed by atoms with Gasteiger partial charge in [0.25, 0.3) is 6.47 Å². The van der Waals surface area contributed by atoms with Crippen molar-refractivity contribution in [2.75, 3.05) is 54.1 Å². The number of aromatic amines is 2. The van der Waals surface area contributed by atoms with E-state index in [9.17, 15) is 14.4 Å². The van der Waals surface area contributed by atoms with Gasteiger partial charge >= 0.3 is 6.09 Å². The van der Waals surface area contributed by atoms with Crippen molar-refractivity contribution in [3.63, 3.8) is 0 Å². The first-order chi connectivity index (χ1) is 30.1. The lowest BCUT2D eigenvalue weighted by molar-refractivity contribution is -0.135. The van der Waals surface area contributed by atoms with Gasteiger partial charge < -0.3 is 45.0 Å². The lowest BCUT2D eigenvalue weighted by atomic mass is 10.0. The minimum Gasteiger partial charge on any atom is -0.471 e. The van der Waals surface area contributed by atoms with Crippen LogP contribution in [0.15, 0.2) is 60.8 Å². The van der Waals surface area contributed by atoms with Crippen LogP contribution in [0, 0.1) is 17.8 Å². The van der Waals surface area contributed by atoms with Crippen molar-refractivity contribution < 1.29 is 33.4 Å². The van der Waals surface area contributed by atoms with Crippen LogP contribution in [0.3, 0.4) is 0 Å². The summed E-state index contributed by atoms with van der Waals surface area (Å²) in [5.74, 6) is 8.05. The van der Waals surface area contributed by atoms with Gasteiger partial charge in [0.05, 0.1) is 49.7 Å². The number of carbonyl (C=O) groups excluding carboxylic acids is 4. The maximum absolute atomic E-state index is 13.6.